The van der Waals surface area contributed by atoms with Crippen molar-refractivity contribution in [3.8, 4) is 16.9 Å². The number of carbonyl (C=O) groups is 1. The highest BCUT2D eigenvalue weighted by Gasteiger charge is 2.14. The van der Waals surface area contributed by atoms with Crippen LogP contribution in [0.4, 0.5) is 0 Å². The molecule has 0 aliphatic rings. The number of benzene rings is 3. The van der Waals surface area contributed by atoms with Crippen molar-refractivity contribution in [2.45, 2.75) is 13.0 Å². The third kappa shape index (κ3) is 5.08. The molecule has 154 valence electrons. The fourth-order valence-corrected chi connectivity index (χ4v) is 3.26. The topological polar surface area (TPSA) is 63.6 Å². The van der Waals surface area contributed by atoms with Gasteiger partial charge in [0, 0.05) is 10.9 Å². The molecular weight excluding hydrogens is 410 g/mol. The summed E-state index contributed by atoms with van der Waals surface area (Å²) < 4.78 is 5.73. The molecular formula is C25H20ClN3O2. The van der Waals surface area contributed by atoms with Crippen molar-refractivity contribution in [3.05, 3.63) is 95.6 Å². The van der Waals surface area contributed by atoms with Crippen molar-refractivity contribution >= 4 is 34.6 Å². The number of hydrogen-bond donors (Lipinski definition) is 1. The summed E-state index contributed by atoms with van der Waals surface area (Å²) in [5.74, 6) is 0.237. The van der Waals surface area contributed by atoms with Crippen molar-refractivity contribution < 1.29 is 9.53 Å². The van der Waals surface area contributed by atoms with Crippen LogP contribution in [0.3, 0.4) is 0 Å². The van der Waals surface area contributed by atoms with Crippen LogP contribution in [0, 0.1) is 0 Å². The van der Waals surface area contributed by atoms with Crippen LogP contribution in [0.15, 0.2) is 90.0 Å². The van der Waals surface area contributed by atoms with Gasteiger partial charge in [0.15, 0.2) is 6.10 Å². The molecule has 0 aliphatic heterocycles. The lowest BCUT2D eigenvalue weighted by Gasteiger charge is -2.13. The molecule has 0 spiro atoms. The summed E-state index contributed by atoms with van der Waals surface area (Å²) in [7, 11) is 0. The highest BCUT2D eigenvalue weighted by molar-refractivity contribution is 6.32. The molecule has 1 atom stereocenters. The third-order valence-corrected chi connectivity index (χ3v) is 5.03. The Hall–Kier alpha value is -3.70. The van der Waals surface area contributed by atoms with E-state index in [1.54, 1.807) is 6.92 Å². The number of pyridine rings is 1. The van der Waals surface area contributed by atoms with E-state index in [4.69, 9.17) is 16.3 Å². The average molecular weight is 430 g/mol. The van der Waals surface area contributed by atoms with E-state index in [0.29, 0.717) is 16.5 Å². The minimum absolute atomic E-state index is 0.319. The Balaban J connectivity index is 1.36. The van der Waals surface area contributed by atoms with Crippen LogP contribution in [0.1, 0.15) is 12.5 Å². The summed E-state index contributed by atoms with van der Waals surface area (Å²) in [4.78, 5) is 16.7. The number of fused-ring (bicyclic) bond motifs is 1. The number of carbonyl (C=O) groups excluding carboxylic acids is 1. The number of aromatic nitrogens is 1. The first kappa shape index (κ1) is 20.6. The highest BCUT2D eigenvalue weighted by atomic mass is 35.5. The zero-order valence-corrected chi connectivity index (χ0v) is 17.6. The predicted octanol–water partition coefficient (Wildman–Crippen LogP) is 5.47. The Morgan fingerprint density at radius 3 is 2.45 bits per heavy atom. The first-order valence-electron chi connectivity index (χ1n) is 9.80. The predicted molar refractivity (Wildman–Crippen MR) is 124 cm³/mol. The largest absolute Gasteiger partial charge is 0.481 e. The summed E-state index contributed by atoms with van der Waals surface area (Å²) in [6, 6.07) is 27.2. The average Bonchev–Trinajstić information content (AvgIpc) is 2.80. The van der Waals surface area contributed by atoms with Crippen LogP contribution < -0.4 is 10.2 Å². The maximum Gasteiger partial charge on any atom is 0.280 e. The van der Waals surface area contributed by atoms with E-state index in [1.807, 2.05) is 84.9 Å². The maximum atomic E-state index is 12.3. The summed E-state index contributed by atoms with van der Waals surface area (Å²) in [6.07, 6.45) is 0.756. The molecule has 0 bridgehead atoms. The first-order valence-corrected chi connectivity index (χ1v) is 10.2. The molecule has 0 radical (unpaired) electrons. The lowest BCUT2D eigenvalue weighted by molar-refractivity contribution is -0.127. The van der Waals surface area contributed by atoms with E-state index in [1.165, 1.54) is 6.21 Å². The van der Waals surface area contributed by atoms with Gasteiger partial charge in [0.1, 0.15) is 10.9 Å². The second-order valence-corrected chi connectivity index (χ2v) is 7.30. The van der Waals surface area contributed by atoms with Gasteiger partial charge in [0.05, 0.1) is 11.7 Å². The van der Waals surface area contributed by atoms with E-state index < -0.39 is 6.10 Å². The summed E-state index contributed by atoms with van der Waals surface area (Å²) in [6.45, 7) is 1.67. The molecule has 5 nitrogen and oxygen atoms in total. The molecule has 1 heterocycles. The summed E-state index contributed by atoms with van der Waals surface area (Å²) in [5.41, 5.74) is 6.10. The molecule has 31 heavy (non-hydrogen) atoms. The SMILES string of the molecule is C[C@H](Oc1ccc(-c2ccccc2)cc1)C(=O)N/N=C\c1cc2ccccc2nc1Cl. The molecule has 0 fully saturated rings. The molecule has 1 amide bonds. The number of amides is 1. The molecule has 4 aromatic rings. The lowest BCUT2D eigenvalue weighted by Crippen LogP contribution is -2.33. The van der Waals surface area contributed by atoms with Crippen molar-refractivity contribution in [3.63, 3.8) is 0 Å². The molecule has 4 rings (SSSR count). The van der Waals surface area contributed by atoms with Gasteiger partial charge in [0.25, 0.3) is 5.91 Å². The molecule has 0 unspecified atom stereocenters. The Morgan fingerprint density at radius 1 is 1.00 bits per heavy atom. The van der Waals surface area contributed by atoms with Gasteiger partial charge in [0.2, 0.25) is 0 Å². The van der Waals surface area contributed by atoms with Crippen molar-refractivity contribution in [2.24, 2.45) is 5.10 Å². The molecule has 3 aromatic carbocycles. The van der Waals surface area contributed by atoms with Gasteiger partial charge in [-0.05, 0) is 42.3 Å². The lowest BCUT2D eigenvalue weighted by atomic mass is 10.1. The summed E-state index contributed by atoms with van der Waals surface area (Å²) in [5, 5.41) is 5.26. The number of nitrogens with one attached hydrogen (secondary N) is 1. The maximum absolute atomic E-state index is 12.3. The summed E-state index contributed by atoms with van der Waals surface area (Å²) >= 11 is 6.21. The van der Waals surface area contributed by atoms with E-state index in [9.17, 15) is 4.79 Å². The Kier molecular flexibility index (Phi) is 6.24. The van der Waals surface area contributed by atoms with Crippen LogP contribution in [-0.4, -0.2) is 23.2 Å². The van der Waals surface area contributed by atoms with Gasteiger partial charge in [-0.2, -0.15) is 5.10 Å². The van der Waals surface area contributed by atoms with Gasteiger partial charge in [-0.15, -0.1) is 0 Å². The van der Waals surface area contributed by atoms with Gasteiger partial charge in [-0.1, -0.05) is 72.3 Å². The molecule has 0 saturated carbocycles. The number of ether oxygens (including phenoxy) is 1. The number of hydrogen-bond acceptors (Lipinski definition) is 4. The second kappa shape index (κ2) is 9.41. The number of halogens is 1. The van der Waals surface area contributed by atoms with Crippen molar-refractivity contribution in [1.29, 1.82) is 0 Å². The quantitative estimate of drug-likeness (QED) is 0.251. The van der Waals surface area contributed by atoms with Gasteiger partial charge >= 0.3 is 0 Å². The highest BCUT2D eigenvalue weighted by Crippen LogP contribution is 2.23. The minimum atomic E-state index is -0.718. The molecule has 0 saturated heterocycles. The van der Waals surface area contributed by atoms with E-state index in [2.05, 4.69) is 15.5 Å². The smallest absolute Gasteiger partial charge is 0.280 e. The fraction of sp³-hybridized carbons (Fsp3) is 0.0800. The number of para-hydroxylation sites is 1. The van der Waals surface area contributed by atoms with E-state index >= 15 is 0 Å². The Bertz CT molecular complexity index is 1220. The zero-order valence-electron chi connectivity index (χ0n) is 16.8. The number of nitrogens with zero attached hydrogens (tertiary/aromatic N) is 2. The van der Waals surface area contributed by atoms with Gasteiger partial charge < -0.3 is 4.74 Å². The molecule has 1 aromatic heterocycles. The third-order valence-electron chi connectivity index (χ3n) is 4.73. The normalized spacial score (nSPS) is 12.1. The van der Waals surface area contributed by atoms with Gasteiger partial charge in [-0.25, -0.2) is 10.4 Å². The molecule has 0 aliphatic carbocycles. The fourth-order valence-electron chi connectivity index (χ4n) is 3.07. The van der Waals surface area contributed by atoms with Crippen LogP contribution in [0.25, 0.3) is 22.0 Å². The van der Waals surface area contributed by atoms with Crippen LogP contribution in [-0.2, 0) is 4.79 Å². The Labute approximate surface area is 185 Å². The second-order valence-electron chi connectivity index (χ2n) is 6.95. The van der Waals surface area contributed by atoms with Crippen molar-refractivity contribution in [2.75, 3.05) is 0 Å². The van der Waals surface area contributed by atoms with Gasteiger partial charge in [-0.3, -0.25) is 4.79 Å². The first-order chi connectivity index (χ1) is 15.1. The monoisotopic (exact) mass is 429 g/mol. The minimum Gasteiger partial charge on any atom is -0.481 e. The molecule has 1 N–H and O–H groups in total. The zero-order chi connectivity index (χ0) is 21.6. The number of rotatable bonds is 6. The molecule has 6 heteroatoms. The van der Waals surface area contributed by atoms with E-state index in [-0.39, 0.29) is 5.91 Å². The van der Waals surface area contributed by atoms with Crippen LogP contribution >= 0.6 is 11.6 Å². The van der Waals surface area contributed by atoms with Crippen LogP contribution in [0.5, 0.6) is 5.75 Å². The van der Waals surface area contributed by atoms with E-state index in [0.717, 1.165) is 22.0 Å². The number of hydrazone groups is 1. The van der Waals surface area contributed by atoms with Crippen molar-refractivity contribution in [1.82, 2.24) is 10.4 Å². The Morgan fingerprint density at radius 2 is 1.68 bits per heavy atom. The standard InChI is InChI=1S/C25H20ClN3O2/c1-17(31-22-13-11-19(12-14-22)18-7-3-2-4-8-18)25(30)29-27-16-21-15-20-9-5-6-10-23(20)28-24(21)26/h2-17H,1H3,(H,29,30)/b27-16-/t17-/m0/s1. The van der Waals surface area contributed by atoms with Crippen LogP contribution in [0.2, 0.25) is 5.15 Å².